The molecule has 0 saturated heterocycles. The van der Waals surface area contributed by atoms with Crippen LogP contribution < -0.4 is 19.5 Å². The SMILES string of the molecule is CCCNC(=O)c1ccccc1-c1nc(-c2cc(OC)c(OC)c(OC)c2)no1. The lowest BCUT2D eigenvalue weighted by Crippen LogP contribution is -2.24. The zero-order valence-corrected chi connectivity index (χ0v) is 16.8. The summed E-state index contributed by atoms with van der Waals surface area (Å²) in [7, 11) is 4.61. The van der Waals surface area contributed by atoms with Crippen LogP contribution in [-0.2, 0) is 0 Å². The standard InChI is InChI=1S/C21H23N3O5/c1-5-10-22-20(25)14-8-6-7-9-15(14)21-23-19(24-29-21)13-11-16(26-2)18(28-4)17(12-13)27-3/h6-9,11-12H,5,10H2,1-4H3,(H,22,25). The molecule has 0 radical (unpaired) electrons. The van der Waals surface area contributed by atoms with Gasteiger partial charge in [0, 0.05) is 12.1 Å². The van der Waals surface area contributed by atoms with E-state index >= 15 is 0 Å². The highest BCUT2D eigenvalue weighted by Crippen LogP contribution is 2.40. The molecular weight excluding hydrogens is 374 g/mol. The molecule has 152 valence electrons. The molecule has 8 heteroatoms. The molecule has 0 aliphatic carbocycles. The van der Waals surface area contributed by atoms with Gasteiger partial charge in [0.1, 0.15) is 0 Å². The lowest BCUT2D eigenvalue weighted by atomic mass is 10.1. The number of nitrogens with zero attached hydrogens (tertiary/aromatic N) is 2. The van der Waals surface area contributed by atoms with Crippen molar-refractivity contribution < 1.29 is 23.5 Å². The zero-order valence-electron chi connectivity index (χ0n) is 16.8. The number of methoxy groups -OCH3 is 3. The Labute approximate surface area is 168 Å². The summed E-state index contributed by atoms with van der Waals surface area (Å²) in [4.78, 5) is 16.9. The van der Waals surface area contributed by atoms with Crippen LogP contribution in [0.4, 0.5) is 0 Å². The van der Waals surface area contributed by atoms with Crippen LogP contribution in [0.2, 0.25) is 0 Å². The van der Waals surface area contributed by atoms with E-state index < -0.39 is 0 Å². The fourth-order valence-electron chi connectivity index (χ4n) is 2.86. The van der Waals surface area contributed by atoms with Crippen LogP contribution in [0.15, 0.2) is 40.9 Å². The second-order valence-corrected chi connectivity index (χ2v) is 6.14. The first-order chi connectivity index (χ1) is 14.1. The van der Waals surface area contributed by atoms with E-state index in [9.17, 15) is 4.79 Å². The number of aromatic nitrogens is 2. The molecule has 1 N–H and O–H groups in total. The average Bonchev–Trinajstić information content (AvgIpc) is 3.26. The van der Waals surface area contributed by atoms with Crippen molar-refractivity contribution in [2.75, 3.05) is 27.9 Å². The Morgan fingerprint density at radius 3 is 2.38 bits per heavy atom. The number of hydrogen-bond donors (Lipinski definition) is 1. The summed E-state index contributed by atoms with van der Waals surface area (Å²) in [5, 5.41) is 6.93. The number of hydrogen-bond acceptors (Lipinski definition) is 7. The Hall–Kier alpha value is -3.55. The normalized spacial score (nSPS) is 10.5. The second-order valence-electron chi connectivity index (χ2n) is 6.14. The van der Waals surface area contributed by atoms with Crippen molar-refractivity contribution in [2.45, 2.75) is 13.3 Å². The van der Waals surface area contributed by atoms with Gasteiger partial charge in [-0.15, -0.1) is 0 Å². The molecule has 0 saturated carbocycles. The minimum absolute atomic E-state index is 0.185. The summed E-state index contributed by atoms with van der Waals surface area (Å²) in [5.74, 6) is 1.83. The van der Waals surface area contributed by atoms with Crippen LogP contribution in [0.3, 0.4) is 0 Å². The third-order valence-corrected chi connectivity index (χ3v) is 4.29. The molecular formula is C21H23N3O5. The summed E-state index contributed by atoms with van der Waals surface area (Å²) >= 11 is 0. The highest BCUT2D eigenvalue weighted by molar-refractivity contribution is 6.00. The molecule has 0 aliphatic heterocycles. The zero-order chi connectivity index (χ0) is 20.8. The van der Waals surface area contributed by atoms with E-state index in [0.29, 0.717) is 46.3 Å². The van der Waals surface area contributed by atoms with Crippen LogP contribution in [0, 0.1) is 0 Å². The van der Waals surface area contributed by atoms with E-state index in [2.05, 4.69) is 15.5 Å². The molecule has 0 fully saturated rings. The van der Waals surface area contributed by atoms with Crippen molar-refractivity contribution in [1.82, 2.24) is 15.5 Å². The number of carbonyl (C=O) groups is 1. The first kappa shape index (κ1) is 20.2. The van der Waals surface area contributed by atoms with Crippen LogP contribution >= 0.6 is 0 Å². The van der Waals surface area contributed by atoms with Gasteiger partial charge in [-0.2, -0.15) is 4.98 Å². The quantitative estimate of drug-likeness (QED) is 0.621. The molecule has 1 heterocycles. The van der Waals surface area contributed by atoms with E-state index in [1.807, 2.05) is 13.0 Å². The fraction of sp³-hybridized carbons (Fsp3) is 0.286. The predicted octanol–water partition coefficient (Wildman–Crippen LogP) is 3.57. The van der Waals surface area contributed by atoms with Crippen molar-refractivity contribution in [2.24, 2.45) is 0 Å². The van der Waals surface area contributed by atoms with Crippen LogP contribution in [0.1, 0.15) is 23.7 Å². The summed E-state index contributed by atoms with van der Waals surface area (Å²) in [6, 6.07) is 10.6. The third-order valence-electron chi connectivity index (χ3n) is 4.29. The van der Waals surface area contributed by atoms with E-state index in [1.165, 1.54) is 21.3 Å². The van der Waals surface area contributed by atoms with Crippen molar-refractivity contribution in [3.63, 3.8) is 0 Å². The van der Waals surface area contributed by atoms with Crippen molar-refractivity contribution in [3.05, 3.63) is 42.0 Å². The summed E-state index contributed by atoms with van der Waals surface area (Å²) in [6.07, 6.45) is 0.847. The first-order valence-electron chi connectivity index (χ1n) is 9.14. The maximum absolute atomic E-state index is 12.5. The van der Waals surface area contributed by atoms with Crippen molar-refractivity contribution in [1.29, 1.82) is 0 Å². The number of amides is 1. The largest absolute Gasteiger partial charge is 0.493 e. The molecule has 0 aliphatic rings. The molecule has 0 spiro atoms. The molecule has 0 atom stereocenters. The number of nitrogens with one attached hydrogen (secondary N) is 1. The minimum atomic E-state index is -0.185. The highest BCUT2D eigenvalue weighted by atomic mass is 16.5. The Kier molecular flexibility index (Phi) is 6.33. The summed E-state index contributed by atoms with van der Waals surface area (Å²) in [5.41, 5.74) is 1.66. The third kappa shape index (κ3) is 4.16. The number of rotatable bonds is 8. The maximum atomic E-state index is 12.5. The molecule has 3 rings (SSSR count). The lowest BCUT2D eigenvalue weighted by molar-refractivity contribution is 0.0954. The monoisotopic (exact) mass is 397 g/mol. The van der Waals surface area contributed by atoms with Gasteiger partial charge in [0.15, 0.2) is 11.5 Å². The van der Waals surface area contributed by atoms with E-state index in [4.69, 9.17) is 18.7 Å². The van der Waals surface area contributed by atoms with E-state index in [1.54, 1.807) is 30.3 Å². The molecule has 2 aromatic carbocycles. The molecule has 0 unspecified atom stereocenters. The Morgan fingerprint density at radius 2 is 1.76 bits per heavy atom. The Balaban J connectivity index is 2.00. The Morgan fingerprint density at radius 1 is 1.07 bits per heavy atom. The number of ether oxygens (including phenoxy) is 3. The average molecular weight is 397 g/mol. The van der Waals surface area contributed by atoms with Crippen LogP contribution in [0.25, 0.3) is 22.8 Å². The molecule has 29 heavy (non-hydrogen) atoms. The van der Waals surface area contributed by atoms with Gasteiger partial charge < -0.3 is 24.1 Å². The van der Waals surface area contributed by atoms with E-state index in [0.717, 1.165) is 6.42 Å². The highest BCUT2D eigenvalue weighted by Gasteiger charge is 2.20. The van der Waals surface area contributed by atoms with Crippen molar-refractivity contribution >= 4 is 5.91 Å². The molecule has 0 bridgehead atoms. The molecule has 1 aromatic heterocycles. The van der Waals surface area contributed by atoms with Gasteiger partial charge in [0.25, 0.3) is 11.8 Å². The van der Waals surface area contributed by atoms with Gasteiger partial charge >= 0.3 is 0 Å². The topological polar surface area (TPSA) is 95.7 Å². The second kappa shape index (κ2) is 9.09. The smallest absolute Gasteiger partial charge is 0.259 e. The summed E-state index contributed by atoms with van der Waals surface area (Å²) < 4.78 is 21.5. The Bertz CT molecular complexity index is 974. The first-order valence-corrected chi connectivity index (χ1v) is 9.14. The predicted molar refractivity (Wildman–Crippen MR) is 107 cm³/mol. The molecule has 1 amide bonds. The van der Waals surface area contributed by atoms with Gasteiger partial charge in [-0.05, 0) is 30.7 Å². The van der Waals surface area contributed by atoms with Gasteiger partial charge in [-0.1, -0.05) is 24.2 Å². The van der Waals surface area contributed by atoms with Crippen LogP contribution in [-0.4, -0.2) is 43.9 Å². The van der Waals surface area contributed by atoms with E-state index in [-0.39, 0.29) is 11.8 Å². The number of carbonyl (C=O) groups excluding carboxylic acids is 1. The van der Waals surface area contributed by atoms with Gasteiger partial charge in [0.05, 0.1) is 32.5 Å². The summed E-state index contributed by atoms with van der Waals surface area (Å²) in [6.45, 7) is 2.58. The van der Waals surface area contributed by atoms with Gasteiger partial charge in [-0.3, -0.25) is 4.79 Å². The van der Waals surface area contributed by atoms with Gasteiger partial charge in [0.2, 0.25) is 11.6 Å². The fourth-order valence-corrected chi connectivity index (χ4v) is 2.86. The minimum Gasteiger partial charge on any atom is -0.493 e. The number of benzene rings is 2. The lowest BCUT2D eigenvalue weighted by Gasteiger charge is -2.12. The van der Waals surface area contributed by atoms with Crippen LogP contribution in [0.5, 0.6) is 17.2 Å². The molecule has 3 aromatic rings. The van der Waals surface area contributed by atoms with Crippen molar-refractivity contribution in [3.8, 4) is 40.1 Å². The molecule has 8 nitrogen and oxygen atoms in total. The maximum Gasteiger partial charge on any atom is 0.259 e. The van der Waals surface area contributed by atoms with Gasteiger partial charge in [-0.25, -0.2) is 0 Å².